The van der Waals surface area contributed by atoms with Gasteiger partial charge in [0.1, 0.15) is 6.54 Å². The molecule has 0 aliphatic carbocycles. The first-order chi connectivity index (χ1) is 15.2. The zero-order chi connectivity index (χ0) is 23.8. The summed E-state index contributed by atoms with van der Waals surface area (Å²) in [6.07, 6.45) is -1.13. The Kier molecular flexibility index (Phi) is 8.98. The van der Waals surface area contributed by atoms with Gasteiger partial charge in [-0.3, -0.25) is 14.4 Å². The lowest BCUT2D eigenvalue weighted by molar-refractivity contribution is -0.152. The molecule has 0 heterocycles. The molecule has 0 aliphatic rings. The Labute approximate surface area is 194 Å². The molecule has 0 unspecified atom stereocenters. The summed E-state index contributed by atoms with van der Waals surface area (Å²) in [5.74, 6) is -1.09. The number of hydrogen-bond donors (Lipinski definition) is 2. The molecule has 9 nitrogen and oxygen atoms in total. The van der Waals surface area contributed by atoms with Crippen LogP contribution in [0.5, 0.6) is 17.2 Å². The zero-order valence-corrected chi connectivity index (χ0v) is 19.3. The Balaban J connectivity index is 1.94. The SMILES string of the molecule is COc1cc(C(=O)NCC(=O)O[C@H](C)C(=O)Nc2ccc(Cl)cc2Cl)cc(OC)c1OC. The summed E-state index contributed by atoms with van der Waals surface area (Å²) in [5, 5.41) is 5.60. The molecule has 0 aromatic heterocycles. The summed E-state index contributed by atoms with van der Waals surface area (Å²) in [5.41, 5.74) is 0.496. The van der Waals surface area contributed by atoms with Crippen LogP contribution in [0.4, 0.5) is 5.69 Å². The fourth-order valence-corrected chi connectivity index (χ4v) is 3.04. The Morgan fingerprint density at radius 1 is 0.969 bits per heavy atom. The molecule has 0 fully saturated rings. The molecule has 0 bridgehead atoms. The van der Waals surface area contributed by atoms with Crippen LogP contribution in [0.25, 0.3) is 0 Å². The number of carbonyl (C=O) groups excluding carboxylic acids is 3. The van der Waals surface area contributed by atoms with Gasteiger partial charge >= 0.3 is 5.97 Å². The van der Waals surface area contributed by atoms with E-state index in [2.05, 4.69) is 10.6 Å². The third-order valence-corrected chi connectivity index (χ3v) is 4.73. The summed E-state index contributed by atoms with van der Waals surface area (Å²) in [7, 11) is 4.27. The second-order valence-electron chi connectivity index (χ2n) is 6.34. The number of methoxy groups -OCH3 is 3. The predicted molar refractivity (Wildman–Crippen MR) is 119 cm³/mol. The lowest BCUT2D eigenvalue weighted by atomic mass is 10.1. The molecule has 2 aromatic rings. The van der Waals surface area contributed by atoms with Crippen LogP contribution in [0.3, 0.4) is 0 Å². The van der Waals surface area contributed by atoms with Gasteiger partial charge in [-0.25, -0.2) is 0 Å². The van der Waals surface area contributed by atoms with Crippen LogP contribution in [0.1, 0.15) is 17.3 Å². The predicted octanol–water partition coefficient (Wildman–Crippen LogP) is 3.32. The van der Waals surface area contributed by atoms with Crippen LogP contribution in [0.2, 0.25) is 10.0 Å². The van der Waals surface area contributed by atoms with E-state index in [1.807, 2.05) is 0 Å². The van der Waals surface area contributed by atoms with Gasteiger partial charge in [0.15, 0.2) is 17.6 Å². The molecule has 0 radical (unpaired) electrons. The smallest absolute Gasteiger partial charge is 0.326 e. The highest BCUT2D eigenvalue weighted by molar-refractivity contribution is 6.36. The van der Waals surface area contributed by atoms with Crippen LogP contribution in [0.15, 0.2) is 30.3 Å². The number of benzene rings is 2. The van der Waals surface area contributed by atoms with Gasteiger partial charge in [-0.1, -0.05) is 23.2 Å². The summed E-state index contributed by atoms with van der Waals surface area (Å²) >= 11 is 11.8. The van der Waals surface area contributed by atoms with Gasteiger partial charge in [-0.2, -0.15) is 0 Å². The quantitative estimate of drug-likeness (QED) is 0.524. The molecule has 2 amide bonds. The van der Waals surface area contributed by atoms with Crippen LogP contribution in [0, 0.1) is 0 Å². The summed E-state index contributed by atoms with van der Waals surface area (Å²) in [4.78, 5) is 36.7. The van der Waals surface area contributed by atoms with Crippen molar-refractivity contribution in [3.63, 3.8) is 0 Å². The number of amides is 2. The number of esters is 1. The zero-order valence-electron chi connectivity index (χ0n) is 17.8. The van der Waals surface area contributed by atoms with Crippen molar-refractivity contribution in [1.82, 2.24) is 5.32 Å². The molecule has 11 heteroatoms. The molecule has 2 aromatic carbocycles. The van der Waals surface area contributed by atoms with E-state index in [-0.39, 0.29) is 22.1 Å². The molecule has 0 saturated heterocycles. The third kappa shape index (κ3) is 6.41. The van der Waals surface area contributed by atoms with E-state index in [1.54, 1.807) is 6.07 Å². The first-order valence-electron chi connectivity index (χ1n) is 9.23. The molecule has 2 N–H and O–H groups in total. The van der Waals surface area contributed by atoms with Crippen molar-refractivity contribution in [2.75, 3.05) is 33.2 Å². The van der Waals surface area contributed by atoms with Crippen molar-refractivity contribution in [2.45, 2.75) is 13.0 Å². The van der Waals surface area contributed by atoms with Crippen molar-refractivity contribution in [2.24, 2.45) is 0 Å². The minimum Gasteiger partial charge on any atom is -0.493 e. The molecule has 0 spiro atoms. The number of rotatable bonds is 9. The Morgan fingerprint density at radius 2 is 1.59 bits per heavy atom. The maximum Gasteiger partial charge on any atom is 0.326 e. The van der Waals surface area contributed by atoms with Gasteiger partial charge in [0.05, 0.1) is 32.0 Å². The van der Waals surface area contributed by atoms with E-state index in [1.165, 1.54) is 52.5 Å². The van der Waals surface area contributed by atoms with Crippen molar-refractivity contribution >= 4 is 46.7 Å². The minimum atomic E-state index is -1.13. The highest BCUT2D eigenvalue weighted by Gasteiger charge is 2.21. The standard InChI is InChI=1S/C21H22Cl2N2O7/c1-11(20(27)25-15-6-5-13(22)9-14(15)23)32-18(26)10-24-21(28)12-7-16(29-2)19(31-4)17(8-12)30-3/h5-9,11H,10H2,1-4H3,(H,24,28)(H,25,27)/t11-/m1/s1. The van der Waals surface area contributed by atoms with Gasteiger partial charge in [0, 0.05) is 10.6 Å². The van der Waals surface area contributed by atoms with Crippen LogP contribution in [-0.2, 0) is 14.3 Å². The van der Waals surface area contributed by atoms with E-state index < -0.39 is 30.4 Å². The second-order valence-corrected chi connectivity index (χ2v) is 7.19. The number of halogens is 2. The van der Waals surface area contributed by atoms with Crippen molar-refractivity contribution in [3.8, 4) is 17.2 Å². The van der Waals surface area contributed by atoms with Gasteiger partial charge < -0.3 is 29.6 Å². The minimum absolute atomic E-state index is 0.176. The molecule has 32 heavy (non-hydrogen) atoms. The maximum atomic E-state index is 12.4. The average Bonchev–Trinajstić information content (AvgIpc) is 2.77. The van der Waals surface area contributed by atoms with E-state index >= 15 is 0 Å². The lowest BCUT2D eigenvalue weighted by Gasteiger charge is -2.15. The highest BCUT2D eigenvalue weighted by Crippen LogP contribution is 2.38. The van der Waals surface area contributed by atoms with Crippen molar-refractivity contribution in [3.05, 3.63) is 45.9 Å². The molecule has 0 aliphatic heterocycles. The van der Waals surface area contributed by atoms with Gasteiger partial charge in [0.25, 0.3) is 11.8 Å². The Morgan fingerprint density at radius 3 is 2.12 bits per heavy atom. The van der Waals surface area contributed by atoms with E-state index in [9.17, 15) is 14.4 Å². The van der Waals surface area contributed by atoms with E-state index in [4.69, 9.17) is 42.1 Å². The molecular weight excluding hydrogens is 463 g/mol. The molecule has 172 valence electrons. The lowest BCUT2D eigenvalue weighted by Crippen LogP contribution is -2.35. The van der Waals surface area contributed by atoms with E-state index in [0.717, 1.165) is 0 Å². The number of ether oxygens (including phenoxy) is 4. The fraction of sp³-hybridized carbons (Fsp3) is 0.286. The van der Waals surface area contributed by atoms with Crippen LogP contribution < -0.4 is 24.8 Å². The highest BCUT2D eigenvalue weighted by atomic mass is 35.5. The molecule has 2 rings (SSSR count). The topological polar surface area (TPSA) is 112 Å². The average molecular weight is 485 g/mol. The largest absolute Gasteiger partial charge is 0.493 e. The monoisotopic (exact) mass is 484 g/mol. The molecule has 1 atom stereocenters. The van der Waals surface area contributed by atoms with Gasteiger partial charge in [-0.15, -0.1) is 0 Å². The van der Waals surface area contributed by atoms with Crippen LogP contribution in [-0.4, -0.2) is 51.8 Å². The summed E-state index contributed by atoms with van der Waals surface area (Å²) < 4.78 is 20.7. The molecular formula is C21H22Cl2N2O7. The maximum absolute atomic E-state index is 12.4. The van der Waals surface area contributed by atoms with Crippen molar-refractivity contribution in [1.29, 1.82) is 0 Å². The molecule has 0 saturated carbocycles. The third-order valence-electron chi connectivity index (χ3n) is 4.19. The number of nitrogens with one attached hydrogen (secondary N) is 2. The number of carbonyl (C=O) groups is 3. The van der Waals surface area contributed by atoms with Gasteiger partial charge in [0.2, 0.25) is 5.75 Å². The first-order valence-corrected chi connectivity index (χ1v) is 9.99. The summed E-state index contributed by atoms with van der Waals surface area (Å²) in [6, 6.07) is 7.42. The van der Waals surface area contributed by atoms with E-state index in [0.29, 0.717) is 16.5 Å². The fourth-order valence-electron chi connectivity index (χ4n) is 2.58. The normalized spacial score (nSPS) is 11.2. The second kappa shape index (κ2) is 11.4. The van der Waals surface area contributed by atoms with Gasteiger partial charge in [-0.05, 0) is 37.3 Å². The summed E-state index contributed by atoms with van der Waals surface area (Å²) in [6.45, 7) is 0.924. The number of hydrogen-bond acceptors (Lipinski definition) is 7. The Bertz CT molecular complexity index is 989. The van der Waals surface area contributed by atoms with Crippen molar-refractivity contribution < 1.29 is 33.3 Å². The first kappa shape index (κ1) is 25.1. The Hall–Kier alpha value is -3.17. The number of anilines is 1. The van der Waals surface area contributed by atoms with Crippen LogP contribution >= 0.6 is 23.2 Å².